The zero-order chi connectivity index (χ0) is 21.1. The van der Waals surface area contributed by atoms with Crippen molar-refractivity contribution < 1.29 is 13.9 Å². The molecular formula is C21H13ClFN3O2S2. The van der Waals surface area contributed by atoms with Crippen LogP contribution in [-0.2, 0) is 11.3 Å². The van der Waals surface area contributed by atoms with Crippen LogP contribution < -0.4 is 4.74 Å². The third-order valence-corrected chi connectivity index (χ3v) is 5.67. The van der Waals surface area contributed by atoms with Gasteiger partial charge in [0.2, 0.25) is 11.1 Å². The lowest BCUT2D eigenvalue weighted by atomic mass is 10.2. The molecule has 1 fully saturated rings. The molecule has 3 aromatic rings. The van der Waals surface area contributed by atoms with Gasteiger partial charge in [-0.1, -0.05) is 66.4 Å². The summed E-state index contributed by atoms with van der Waals surface area (Å²) < 4.78 is 19.8. The molecule has 4 rings (SSSR count). The Hall–Kier alpha value is -2.81. The molecule has 0 spiro atoms. The minimum atomic E-state index is -0.730. The van der Waals surface area contributed by atoms with E-state index >= 15 is 0 Å². The van der Waals surface area contributed by atoms with Crippen LogP contribution in [-0.4, -0.2) is 25.1 Å². The van der Waals surface area contributed by atoms with Crippen LogP contribution in [0.4, 0.5) is 4.39 Å². The third-order valence-electron chi connectivity index (χ3n) is 4.11. The number of rotatable bonds is 5. The Balaban J connectivity index is 1.53. The van der Waals surface area contributed by atoms with E-state index in [-0.39, 0.29) is 17.1 Å². The molecule has 1 aliphatic rings. The number of benzene rings is 2. The summed E-state index contributed by atoms with van der Waals surface area (Å²) in [6.07, 6.45) is 2.66. The van der Waals surface area contributed by atoms with E-state index in [1.807, 2.05) is 30.3 Å². The number of halogens is 2. The SMILES string of the molecule is O=C1/C(=C/c2cccc(Oc3nc(Cl)ncc3F)c2)SC(=S)N1Cc1ccccc1. The van der Waals surface area contributed by atoms with E-state index in [4.69, 9.17) is 28.6 Å². The van der Waals surface area contributed by atoms with Gasteiger partial charge in [0.25, 0.3) is 11.8 Å². The average Bonchev–Trinajstić information content (AvgIpc) is 2.99. The molecule has 2 aromatic carbocycles. The number of nitrogens with zero attached hydrogens (tertiary/aromatic N) is 3. The Morgan fingerprint density at radius 3 is 2.80 bits per heavy atom. The second kappa shape index (κ2) is 8.91. The first kappa shape index (κ1) is 20.5. The fourth-order valence-electron chi connectivity index (χ4n) is 2.74. The Bertz CT molecular complexity index is 1160. The van der Waals surface area contributed by atoms with E-state index in [0.29, 0.717) is 27.1 Å². The Kier molecular flexibility index (Phi) is 6.08. The predicted octanol–water partition coefficient (Wildman–Crippen LogP) is 5.46. The van der Waals surface area contributed by atoms with Crippen LogP contribution in [0.5, 0.6) is 11.6 Å². The van der Waals surface area contributed by atoms with E-state index in [0.717, 1.165) is 11.8 Å². The Labute approximate surface area is 186 Å². The van der Waals surface area contributed by atoms with Gasteiger partial charge >= 0.3 is 0 Å². The summed E-state index contributed by atoms with van der Waals surface area (Å²) in [6.45, 7) is 0.416. The van der Waals surface area contributed by atoms with Gasteiger partial charge in [0, 0.05) is 0 Å². The largest absolute Gasteiger partial charge is 0.436 e. The minimum Gasteiger partial charge on any atom is -0.436 e. The molecule has 150 valence electrons. The van der Waals surface area contributed by atoms with Crippen LogP contribution in [0.3, 0.4) is 0 Å². The lowest BCUT2D eigenvalue weighted by Crippen LogP contribution is -2.27. The first-order chi connectivity index (χ1) is 14.5. The van der Waals surface area contributed by atoms with Crippen molar-refractivity contribution >= 4 is 51.9 Å². The Morgan fingerprint density at radius 1 is 1.20 bits per heavy atom. The molecule has 0 N–H and O–H groups in total. The molecule has 1 saturated heterocycles. The topological polar surface area (TPSA) is 55.3 Å². The molecule has 5 nitrogen and oxygen atoms in total. The fraction of sp³-hybridized carbons (Fsp3) is 0.0476. The van der Waals surface area contributed by atoms with Crippen molar-refractivity contribution in [2.75, 3.05) is 0 Å². The first-order valence-electron chi connectivity index (χ1n) is 8.75. The van der Waals surface area contributed by atoms with Gasteiger partial charge in [-0.15, -0.1) is 0 Å². The van der Waals surface area contributed by atoms with Crippen LogP contribution in [0.1, 0.15) is 11.1 Å². The molecule has 1 aliphatic heterocycles. The number of aromatic nitrogens is 2. The average molecular weight is 458 g/mol. The standard InChI is InChI=1S/C21H13ClFN3O2S2/c22-20-24-11-16(23)18(25-20)28-15-8-4-7-14(9-15)10-17-19(27)26(21(29)30-17)12-13-5-2-1-3-6-13/h1-11H,12H2/b17-10-. The van der Waals surface area contributed by atoms with Gasteiger partial charge in [-0.2, -0.15) is 9.37 Å². The number of carbonyl (C=O) groups is 1. The summed E-state index contributed by atoms with van der Waals surface area (Å²) in [4.78, 5) is 22.2. The lowest BCUT2D eigenvalue weighted by Gasteiger charge is -2.14. The maximum Gasteiger partial charge on any atom is 0.266 e. The number of amides is 1. The van der Waals surface area contributed by atoms with Crippen molar-refractivity contribution in [2.45, 2.75) is 6.54 Å². The quantitative estimate of drug-likeness (QED) is 0.288. The molecule has 0 radical (unpaired) electrons. The second-order valence-corrected chi connectivity index (χ2v) is 8.23. The van der Waals surface area contributed by atoms with Gasteiger partial charge < -0.3 is 4.74 Å². The van der Waals surface area contributed by atoms with Crippen molar-refractivity contribution in [1.29, 1.82) is 0 Å². The smallest absolute Gasteiger partial charge is 0.266 e. The summed E-state index contributed by atoms with van der Waals surface area (Å²) in [5.74, 6) is -0.820. The molecule has 1 aromatic heterocycles. The first-order valence-corrected chi connectivity index (χ1v) is 10.3. The molecule has 0 atom stereocenters. The summed E-state index contributed by atoms with van der Waals surface area (Å²) in [5.41, 5.74) is 1.70. The molecular weight excluding hydrogens is 445 g/mol. The molecule has 30 heavy (non-hydrogen) atoms. The molecule has 0 bridgehead atoms. The third kappa shape index (κ3) is 4.67. The highest BCUT2D eigenvalue weighted by Gasteiger charge is 2.31. The van der Waals surface area contributed by atoms with E-state index in [1.165, 1.54) is 11.8 Å². The van der Waals surface area contributed by atoms with Crippen molar-refractivity contribution in [2.24, 2.45) is 0 Å². The molecule has 2 heterocycles. The van der Waals surface area contributed by atoms with Crippen molar-refractivity contribution in [3.63, 3.8) is 0 Å². The number of carbonyl (C=O) groups excluding carboxylic acids is 1. The second-order valence-electron chi connectivity index (χ2n) is 6.22. The zero-order valence-corrected chi connectivity index (χ0v) is 17.7. The van der Waals surface area contributed by atoms with Crippen LogP contribution >= 0.6 is 35.6 Å². The molecule has 0 saturated carbocycles. The van der Waals surface area contributed by atoms with Gasteiger partial charge in [0.1, 0.15) is 10.1 Å². The van der Waals surface area contributed by atoms with Gasteiger partial charge in [-0.25, -0.2) is 4.98 Å². The molecule has 0 unspecified atom stereocenters. The van der Waals surface area contributed by atoms with E-state index < -0.39 is 5.82 Å². The summed E-state index contributed by atoms with van der Waals surface area (Å²) in [7, 11) is 0. The highest BCUT2D eigenvalue weighted by Crippen LogP contribution is 2.34. The van der Waals surface area contributed by atoms with Crippen molar-refractivity contribution in [3.8, 4) is 11.6 Å². The maximum atomic E-state index is 13.8. The summed E-state index contributed by atoms with van der Waals surface area (Å²) in [5, 5.41) is -0.121. The monoisotopic (exact) mass is 457 g/mol. The maximum absolute atomic E-state index is 13.8. The normalized spacial score (nSPS) is 15.1. The number of hydrogen-bond donors (Lipinski definition) is 0. The van der Waals surface area contributed by atoms with Crippen LogP contribution in [0.25, 0.3) is 6.08 Å². The molecule has 0 aliphatic carbocycles. The van der Waals surface area contributed by atoms with E-state index in [2.05, 4.69) is 9.97 Å². The van der Waals surface area contributed by atoms with Crippen molar-refractivity contribution in [1.82, 2.24) is 14.9 Å². The fourth-order valence-corrected chi connectivity index (χ4v) is 4.12. The number of thioether (sulfide) groups is 1. The van der Waals surface area contributed by atoms with Gasteiger partial charge in [-0.3, -0.25) is 9.69 Å². The lowest BCUT2D eigenvalue weighted by molar-refractivity contribution is -0.122. The van der Waals surface area contributed by atoms with Gasteiger partial charge in [0.05, 0.1) is 17.6 Å². The number of hydrogen-bond acceptors (Lipinski definition) is 6. The minimum absolute atomic E-state index is 0.121. The van der Waals surface area contributed by atoms with Gasteiger partial charge in [0.15, 0.2) is 0 Å². The summed E-state index contributed by atoms with van der Waals surface area (Å²) >= 11 is 12.3. The number of thiocarbonyl (C=S) groups is 1. The predicted molar refractivity (Wildman–Crippen MR) is 119 cm³/mol. The number of ether oxygens (including phenoxy) is 1. The van der Waals surface area contributed by atoms with Crippen molar-refractivity contribution in [3.05, 3.63) is 87.9 Å². The summed E-state index contributed by atoms with van der Waals surface area (Å²) in [6, 6.07) is 16.5. The highest BCUT2D eigenvalue weighted by atomic mass is 35.5. The van der Waals surface area contributed by atoms with Crippen LogP contribution in [0, 0.1) is 5.82 Å². The highest BCUT2D eigenvalue weighted by molar-refractivity contribution is 8.26. The van der Waals surface area contributed by atoms with Crippen LogP contribution in [0.15, 0.2) is 65.7 Å². The zero-order valence-electron chi connectivity index (χ0n) is 15.3. The van der Waals surface area contributed by atoms with Crippen LogP contribution in [0.2, 0.25) is 5.28 Å². The Morgan fingerprint density at radius 2 is 2.00 bits per heavy atom. The molecule has 1 amide bonds. The molecule has 9 heteroatoms. The van der Waals surface area contributed by atoms with E-state index in [9.17, 15) is 9.18 Å². The van der Waals surface area contributed by atoms with Gasteiger partial charge in [-0.05, 0) is 40.9 Å². The van der Waals surface area contributed by atoms with E-state index in [1.54, 1.807) is 35.2 Å².